The van der Waals surface area contributed by atoms with Gasteiger partial charge in [0.1, 0.15) is 5.52 Å². The van der Waals surface area contributed by atoms with Gasteiger partial charge >= 0.3 is 0 Å². The molecule has 2 fully saturated rings. The van der Waals surface area contributed by atoms with E-state index in [9.17, 15) is 10.1 Å². The maximum atomic E-state index is 11.8. The largest absolute Gasteiger partial charge is 0.381 e. The summed E-state index contributed by atoms with van der Waals surface area (Å²) in [4.78, 5) is 25.9. The summed E-state index contributed by atoms with van der Waals surface area (Å²) in [5, 5.41) is 16.6. The molecule has 1 amide bonds. The van der Waals surface area contributed by atoms with E-state index in [0.29, 0.717) is 76.3 Å². The number of benzene rings is 1. The lowest BCUT2D eigenvalue weighted by Gasteiger charge is -2.30. The van der Waals surface area contributed by atoms with Gasteiger partial charge in [0.05, 0.1) is 40.2 Å². The summed E-state index contributed by atoms with van der Waals surface area (Å²) in [6.45, 7) is 3.54. The molecule has 1 aromatic carbocycles. The van der Waals surface area contributed by atoms with Crippen molar-refractivity contribution in [2.75, 3.05) is 23.8 Å². The van der Waals surface area contributed by atoms with Crippen LogP contribution >= 0.6 is 23.2 Å². The Morgan fingerprint density at radius 1 is 1.19 bits per heavy atom. The fraction of sp³-hybridized carbons (Fsp3) is 0.480. The normalized spacial score (nSPS) is 23.9. The van der Waals surface area contributed by atoms with E-state index in [1.807, 2.05) is 4.57 Å². The van der Waals surface area contributed by atoms with Crippen LogP contribution in [0.5, 0.6) is 0 Å². The Kier molecular flexibility index (Phi) is 7.38. The monoisotopic (exact) mass is 542 g/mol. The van der Waals surface area contributed by atoms with E-state index in [4.69, 9.17) is 43.6 Å². The zero-order valence-corrected chi connectivity index (χ0v) is 21.9. The molecular formula is C25H28Cl2N8O2. The van der Waals surface area contributed by atoms with Crippen LogP contribution in [0.2, 0.25) is 10.0 Å². The van der Waals surface area contributed by atoms with Crippen LogP contribution in [0.3, 0.4) is 0 Å². The molecule has 5 rings (SSSR count). The molecule has 3 heterocycles. The predicted octanol–water partition coefficient (Wildman–Crippen LogP) is 4.80. The van der Waals surface area contributed by atoms with E-state index >= 15 is 0 Å². The SMILES string of the molecule is C[C@H]1COCC[C@@H]1Nc1ncc2nc(Nc3c(Cl)cc(C#N)cc3Cl)n([C@H]3CC[C@H](C(N)=O)CC3)c2n1. The molecule has 4 N–H and O–H groups in total. The summed E-state index contributed by atoms with van der Waals surface area (Å²) in [6, 6.07) is 5.40. The van der Waals surface area contributed by atoms with Gasteiger partial charge in [-0.1, -0.05) is 30.1 Å². The smallest absolute Gasteiger partial charge is 0.224 e. The highest BCUT2D eigenvalue weighted by molar-refractivity contribution is 6.39. The Hall–Kier alpha value is -3.13. The number of nitrogens with zero attached hydrogens (tertiary/aromatic N) is 5. The van der Waals surface area contributed by atoms with E-state index in [1.165, 1.54) is 0 Å². The minimum Gasteiger partial charge on any atom is -0.381 e. The minimum atomic E-state index is -0.261. The molecule has 2 atom stereocenters. The second-order valence-electron chi connectivity index (χ2n) is 9.76. The Morgan fingerprint density at radius 2 is 1.92 bits per heavy atom. The lowest BCUT2D eigenvalue weighted by Crippen LogP contribution is -2.36. The quantitative estimate of drug-likeness (QED) is 0.402. The number of carbonyl (C=O) groups excluding carboxylic acids is 1. The van der Waals surface area contributed by atoms with Crippen molar-refractivity contribution < 1.29 is 9.53 Å². The molecule has 12 heteroatoms. The molecule has 1 aliphatic heterocycles. The minimum absolute atomic E-state index is 0.0313. The number of aromatic nitrogens is 4. The lowest BCUT2D eigenvalue weighted by molar-refractivity contribution is -0.122. The zero-order chi connectivity index (χ0) is 26.1. The predicted molar refractivity (Wildman–Crippen MR) is 142 cm³/mol. The van der Waals surface area contributed by atoms with Crippen molar-refractivity contribution in [2.45, 2.75) is 51.1 Å². The Balaban J connectivity index is 1.53. The number of nitriles is 1. The highest BCUT2D eigenvalue weighted by Gasteiger charge is 2.30. The number of hydrogen-bond acceptors (Lipinski definition) is 8. The molecule has 2 aliphatic rings. The van der Waals surface area contributed by atoms with Crippen LogP contribution in [0, 0.1) is 23.2 Å². The van der Waals surface area contributed by atoms with Crippen molar-refractivity contribution in [3.63, 3.8) is 0 Å². The van der Waals surface area contributed by atoms with Gasteiger partial charge < -0.3 is 21.1 Å². The molecule has 1 saturated carbocycles. The molecule has 1 saturated heterocycles. The Morgan fingerprint density at radius 3 is 2.57 bits per heavy atom. The van der Waals surface area contributed by atoms with Crippen LogP contribution in [0.1, 0.15) is 50.6 Å². The maximum absolute atomic E-state index is 11.8. The van der Waals surface area contributed by atoms with Crippen LogP contribution in [-0.2, 0) is 9.53 Å². The van der Waals surface area contributed by atoms with Crippen LogP contribution in [-0.4, -0.2) is 44.7 Å². The topological polar surface area (TPSA) is 144 Å². The van der Waals surface area contributed by atoms with Gasteiger partial charge in [-0.05, 0) is 50.2 Å². The van der Waals surface area contributed by atoms with Gasteiger partial charge in [0.25, 0.3) is 0 Å². The molecule has 10 nitrogen and oxygen atoms in total. The molecule has 0 radical (unpaired) electrons. The average Bonchev–Trinajstić information content (AvgIpc) is 3.24. The van der Waals surface area contributed by atoms with Gasteiger partial charge in [0, 0.05) is 24.6 Å². The molecule has 3 aromatic rings. The molecule has 194 valence electrons. The fourth-order valence-electron chi connectivity index (χ4n) is 5.14. The van der Waals surface area contributed by atoms with Gasteiger partial charge in [-0.25, -0.2) is 9.97 Å². The van der Waals surface area contributed by atoms with Crippen molar-refractivity contribution in [3.8, 4) is 6.07 Å². The number of ether oxygens (including phenoxy) is 1. The van der Waals surface area contributed by atoms with Gasteiger partial charge in [0.15, 0.2) is 5.65 Å². The van der Waals surface area contributed by atoms with E-state index < -0.39 is 0 Å². The fourth-order valence-corrected chi connectivity index (χ4v) is 5.72. The standard InChI is InChI=1S/C25H28Cl2N8O2/c1-13-12-37-7-6-19(13)31-24-30-11-20-23(34-24)35(16-4-2-15(3-5-16)22(29)36)25(32-20)33-21-17(26)8-14(10-28)9-18(21)27/h8-9,11,13,15-16,19H,2-7,12H2,1H3,(H2,29,36)(H,32,33)(H,30,31,34)/t13-,15-,16-,19-/m0/s1. The van der Waals surface area contributed by atoms with Crippen LogP contribution in [0.25, 0.3) is 11.2 Å². The summed E-state index contributed by atoms with van der Waals surface area (Å²) >= 11 is 12.9. The molecule has 37 heavy (non-hydrogen) atoms. The number of carbonyl (C=O) groups is 1. The average molecular weight is 543 g/mol. The number of nitrogens with two attached hydrogens (primary N) is 1. The third-order valence-corrected chi connectivity index (χ3v) is 7.86. The van der Waals surface area contributed by atoms with Crippen molar-refractivity contribution >= 4 is 57.9 Å². The van der Waals surface area contributed by atoms with Crippen LogP contribution in [0.15, 0.2) is 18.3 Å². The number of imidazole rings is 1. The number of halogens is 2. The van der Waals surface area contributed by atoms with Crippen LogP contribution < -0.4 is 16.4 Å². The first-order valence-corrected chi connectivity index (χ1v) is 13.1. The van der Waals surface area contributed by atoms with Gasteiger partial charge in [-0.3, -0.25) is 9.36 Å². The second-order valence-corrected chi connectivity index (χ2v) is 10.6. The first kappa shape index (κ1) is 25.5. The summed E-state index contributed by atoms with van der Waals surface area (Å²) in [5.74, 6) is 0.977. The number of hydrogen-bond donors (Lipinski definition) is 3. The zero-order valence-electron chi connectivity index (χ0n) is 20.4. The molecule has 0 bridgehead atoms. The van der Waals surface area contributed by atoms with Gasteiger partial charge in [-0.15, -0.1) is 0 Å². The maximum Gasteiger partial charge on any atom is 0.224 e. The number of amides is 1. The number of fused-ring (bicyclic) bond motifs is 1. The molecule has 0 spiro atoms. The molecule has 1 aliphatic carbocycles. The van der Waals surface area contributed by atoms with E-state index in [1.54, 1.807) is 18.3 Å². The van der Waals surface area contributed by atoms with E-state index in [-0.39, 0.29) is 23.9 Å². The Bertz CT molecular complexity index is 1340. The summed E-state index contributed by atoms with van der Waals surface area (Å²) < 4.78 is 7.60. The molecular weight excluding hydrogens is 515 g/mol. The third kappa shape index (κ3) is 5.30. The molecule has 2 aromatic heterocycles. The first-order valence-electron chi connectivity index (χ1n) is 12.4. The van der Waals surface area contributed by atoms with Gasteiger partial charge in [0.2, 0.25) is 17.8 Å². The number of rotatable bonds is 6. The number of primary amides is 1. The highest BCUT2D eigenvalue weighted by Crippen LogP contribution is 2.39. The van der Waals surface area contributed by atoms with E-state index in [2.05, 4.69) is 28.6 Å². The van der Waals surface area contributed by atoms with Crippen molar-refractivity contribution in [3.05, 3.63) is 33.9 Å². The number of anilines is 3. The highest BCUT2D eigenvalue weighted by atomic mass is 35.5. The van der Waals surface area contributed by atoms with Crippen molar-refractivity contribution in [2.24, 2.45) is 17.6 Å². The number of nitrogens with one attached hydrogen (secondary N) is 2. The second kappa shape index (κ2) is 10.7. The molecule has 0 unspecified atom stereocenters. The van der Waals surface area contributed by atoms with Gasteiger partial charge in [-0.2, -0.15) is 10.2 Å². The lowest BCUT2D eigenvalue weighted by atomic mass is 9.85. The summed E-state index contributed by atoms with van der Waals surface area (Å²) in [7, 11) is 0. The summed E-state index contributed by atoms with van der Waals surface area (Å²) in [6.07, 6.45) is 5.44. The first-order chi connectivity index (χ1) is 17.8. The third-order valence-electron chi connectivity index (χ3n) is 7.26. The van der Waals surface area contributed by atoms with Crippen LogP contribution in [0.4, 0.5) is 17.6 Å². The Labute approximate surface area is 224 Å². The van der Waals surface area contributed by atoms with E-state index in [0.717, 1.165) is 19.3 Å². The van der Waals surface area contributed by atoms with Crippen molar-refractivity contribution in [1.29, 1.82) is 5.26 Å². The summed E-state index contributed by atoms with van der Waals surface area (Å²) in [5.41, 5.74) is 7.67. The van der Waals surface area contributed by atoms with Crippen molar-refractivity contribution in [1.82, 2.24) is 19.5 Å².